The molecule has 1 aromatic carbocycles. The molecule has 9 heteroatoms. The third-order valence-electron chi connectivity index (χ3n) is 5.47. The second-order valence-corrected chi connectivity index (χ2v) is 7.59. The van der Waals surface area contributed by atoms with Crippen molar-refractivity contribution in [2.24, 2.45) is 7.05 Å². The number of aryl methyl sites for hydroxylation is 2. The molecule has 3 N–H and O–H groups in total. The first-order chi connectivity index (χ1) is 15.4. The normalized spacial score (nSPS) is 11.0. The van der Waals surface area contributed by atoms with Crippen molar-refractivity contribution in [1.82, 2.24) is 29.6 Å². The van der Waals surface area contributed by atoms with Gasteiger partial charge in [0.2, 0.25) is 5.95 Å². The van der Waals surface area contributed by atoms with E-state index in [0.29, 0.717) is 36.2 Å². The Morgan fingerprint density at radius 3 is 2.62 bits per heavy atom. The molecule has 4 rings (SSSR count). The summed E-state index contributed by atoms with van der Waals surface area (Å²) >= 11 is 0. The summed E-state index contributed by atoms with van der Waals surface area (Å²) in [6.07, 6.45) is 1.73. The van der Waals surface area contributed by atoms with Crippen LogP contribution < -0.4 is 11.1 Å². The van der Waals surface area contributed by atoms with Gasteiger partial charge in [-0.05, 0) is 32.0 Å². The van der Waals surface area contributed by atoms with Crippen LogP contribution in [0.1, 0.15) is 27.4 Å². The van der Waals surface area contributed by atoms with Gasteiger partial charge in [-0.1, -0.05) is 24.3 Å². The smallest absolute Gasteiger partial charge is 0.273 e. The van der Waals surface area contributed by atoms with Crippen molar-refractivity contribution in [2.45, 2.75) is 20.4 Å². The molecule has 0 fully saturated rings. The molecule has 0 bridgehead atoms. The quantitative estimate of drug-likeness (QED) is 0.463. The fourth-order valence-corrected chi connectivity index (χ4v) is 3.68. The highest BCUT2D eigenvalue weighted by Gasteiger charge is 2.23. The highest BCUT2D eigenvalue weighted by Crippen LogP contribution is 2.21. The number of nitrogens with one attached hydrogen (secondary N) is 1. The second kappa shape index (κ2) is 9.01. The third kappa shape index (κ3) is 4.36. The van der Waals surface area contributed by atoms with Gasteiger partial charge in [-0.25, -0.2) is 15.0 Å². The fourth-order valence-electron chi connectivity index (χ4n) is 3.68. The average Bonchev–Trinajstić information content (AvgIpc) is 3.03. The molecule has 0 saturated carbocycles. The molecular formula is C23H26N8O. The Morgan fingerprint density at radius 2 is 1.91 bits per heavy atom. The van der Waals surface area contributed by atoms with Gasteiger partial charge in [0.25, 0.3) is 5.91 Å². The van der Waals surface area contributed by atoms with Gasteiger partial charge >= 0.3 is 0 Å². The van der Waals surface area contributed by atoms with Crippen LogP contribution in [0.3, 0.4) is 0 Å². The van der Waals surface area contributed by atoms with Crippen LogP contribution in [0.2, 0.25) is 0 Å². The summed E-state index contributed by atoms with van der Waals surface area (Å²) < 4.78 is 1.83. The van der Waals surface area contributed by atoms with Crippen LogP contribution in [-0.4, -0.2) is 48.6 Å². The molecule has 3 aromatic heterocycles. The standard InChI is InChI=1S/C23H26N8O/c1-15-18(16(2)30(3)29-15)14-31(13-12-26-20-10-6-7-11-25-20)22(32)21-17-8-4-5-9-19(17)27-23(24)28-21/h4-11H,12-14H2,1-3H3,(H,25,26)(H2,24,27,28). The highest BCUT2D eigenvalue weighted by molar-refractivity contribution is 6.04. The lowest BCUT2D eigenvalue weighted by Gasteiger charge is -2.24. The summed E-state index contributed by atoms with van der Waals surface area (Å²) in [5, 5.41) is 8.44. The summed E-state index contributed by atoms with van der Waals surface area (Å²) in [5.41, 5.74) is 9.79. The van der Waals surface area contributed by atoms with Crippen molar-refractivity contribution in [3.05, 3.63) is 71.3 Å². The summed E-state index contributed by atoms with van der Waals surface area (Å²) in [4.78, 5) is 28.3. The number of pyridine rings is 1. The van der Waals surface area contributed by atoms with Gasteiger partial charge in [-0.15, -0.1) is 0 Å². The van der Waals surface area contributed by atoms with E-state index in [4.69, 9.17) is 5.73 Å². The average molecular weight is 431 g/mol. The maximum atomic E-state index is 13.7. The number of hydrogen-bond acceptors (Lipinski definition) is 7. The minimum atomic E-state index is -0.208. The van der Waals surface area contributed by atoms with Gasteiger partial charge in [-0.2, -0.15) is 5.10 Å². The lowest BCUT2D eigenvalue weighted by molar-refractivity contribution is 0.0746. The molecule has 1 amide bonds. The van der Waals surface area contributed by atoms with E-state index in [0.717, 1.165) is 22.8 Å². The lowest BCUT2D eigenvalue weighted by Crippen LogP contribution is -2.36. The predicted molar refractivity (Wildman–Crippen MR) is 124 cm³/mol. The number of aromatic nitrogens is 5. The van der Waals surface area contributed by atoms with Crippen LogP contribution in [0.4, 0.5) is 11.8 Å². The molecular weight excluding hydrogens is 404 g/mol. The van der Waals surface area contributed by atoms with E-state index in [1.807, 2.05) is 68.0 Å². The SMILES string of the molecule is Cc1nn(C)c(C)c1CN(CCNc1ccccn1)C(=O)c1nc(N)nc2ccccc12. The van der Waals surface area contributed by atoms with Crippen molar-refractivity contribution in [3.8, 4) is 0 Å². The molecule has 0 aliphatic carbocycles. The molecule has 0 saturated heterocycles. The van der Waals surface area contributed by atoms with Crippen LogP contribution in [0.25, 0.3) is 10.9 Å². The first-order valence-corrected chi connectivity index (χ1v) is 10.4. The van der Waals surface area contributed by atoms with Crippen molar-refractivity contribution in [3.63, 3.8) is 0 Å². The van der Waals surface area contributed by atoms with Gasteiger partial charge in [-0.3, -0.25) is 9.48 Å². The molecule has 3 heterocycles. The van der Waals surface area contributed by atoms with Crippen LogP contribution in [-0.2, 0) is 13.6 Å². The minimum Gasteiger partial charge on any atom is -0.368 e. The summed E-state index contributed by atoms with van der Waals surface area (Å²) in [7, 11) is 1.90. The molecule has 0 aliphatic heterocycles. The zero-order valence-corrected chi connectivity index (χ0v) is 18.4. The van der Waals surface area contributed by atoms with E-state index in [1.54, 1.807) is 11.1 Å². The molecule has 164 valence electrons. The molecule has 4 aromatic rings. The number of fused-ring (bicyclic) bond motifs is 1. The molecule has 0 aliphatic rings. The van der Waals surface area contributed by atoms with E-state index in [-0.39, 0.29) is 11.9 Å². The topological polar surface area (TPSA) is 115 Å². The summed E-state index contributed by atoms with van der Waals surface area (Å²) in [5.74, 6) is 0.624. The first kappa shape index (κ1) is 21.2. The van der Waals surface area contributed by atoms with Crippen LogP contribution in [0, 0.1) is 13.8 Å². The van der Waals surface area contributed by atoms with Crippen LogP contribution >= 0.6 is 0 Å². The zero-order chi connectivity index (χ0) is 22.7. The number of carbonyl (C=O) groups is 1. The number of anilines is 2. The first-order valence-electron chi connectivity index (χ1n) is 10.4. The number of carbonyl (C=O) groups excluding carboxylic acids is 1. The van der Waals surface area contributed by atoms with Crippen LogP contribution in [0.15, 0.2) is 48.7 Å². The summed E-state index contributed by atoms with van der Waals surface area (Å²) in [6.45, 7) is 5.34. The lowest BCUT2D eigenvalue weighted by atomic mass is 10.1. The third-order valence-corrected chi connectivity index (χ3v) is 5.47. The van der Waals surface area contributed by atoms with Gasteiger partial charge in [0.1, 0.15) is 11.5 Å². The van der Waals surface area contributed by atoms with E-state index in [2.05, 4.69) is 25.4 Å². The zero-order valence-electron chi connectivity index (χ0n) is 18.4. The van der Waals surface area contributed by atoms with Crippen molar-refractivity contribution < 1.29 is 4.79 Å². The molecule has 9 nitrogen and oxygen atoms in total. The van der Waals surface area contributed by atoms with Gasteiger partial charge in [0, 0.05) is 49.5 Å². The van der Waals surface area contributed by atoms with E-state index >= 15 is 0 Å². The van der Waals surface area contributed by atoms with Crippen molar-refractivity contribution >= 4 is 28.6 Å². The maximum Gasteiger partial charge on any atom is 0.273 e. The van der Waals surface area contributed by atoms with Gasteiger partial charge in [0.15, 0.2) is 0 Å². The molecule has 0 atom stereocenters. The maximum absolute atomic E-state index is 13.7. The number of benzene rings is 1. The van der Waals surface area contributed by atoms with Crippen molar-refractivity contribution in [2.75, 3.05) is 24.1 Å². The number of nitrogen functional groups attached to an aromatic ring is 1. The fraction of sp³-hybridized carbons (Fsp3) is 0.261. The molecule has 0 unspecified atom stereocenters. The Bertz CT molecular complexity index is 1250. The number of nitrogens with zero attached hydrogens (tertiary/aromatic N) is 6. The number of para-hydroxylation sites is 1. The van der Waals surface area contributed by atoms with Gasteiger partial charge in [0.05, 0.1) is 11.2 Å². The van der Waals surface area contributed by atoms with Gasteiger partial charge < -0.3 is 16.0 Å². The molecule has 0 radical (unpaired) electrons. The Kier molecular flexibility index (Phi) is 5.98. The Hall–Kier alpha value is -4.01. The Balaban J connectivity index is 1.65. The number of rotatable bonds is 7. The monoisotopic (exact) mass is 430 g/mol. The predicted octanol–water partition coefficient (Wildman–Crippen LogP) is 2.71. The minimum absolute atomic E-state index is 0.0762. The molecule has 32 heavy (non-hydrogen) atoms. The van der Waals surface area contributed by atoms with E-state index in [9.17, 15) is 4.79 Å². The number of hydrogen-bond donors (Lipinski definition) is 2. The van der Waals surface area contributed by atoms with E-state index in [1.165, 1.54) is 0 Å². The largest absolute Gasteiger partial charge is 0.368 e. The summed E-state index contributed by atoms with van der Waals surface area (Å²) in [6, 6.07) is 13.1. The van der Waals surface area contributed by atoms with Crippen LogP contribution in [0.5, 0.6) is 0 Å². The van der Waals surface area contributed by atoms with E-state index < -0.39 is 0 Å². The Labute approximate surface area is 186 Å². The van der Waals surface area contributed by atoms with Crippen molar-refractivity contribution in [1.29, 1.82) is 0 Å². The second-order valence-electron chi connectivity index (χ2n) is 7.59. The Morgan fingerprint density at radius 1 is 1.12 bits per heavy atom. The number of amides is 1. The highest BCUT2D eigenvalue weighted by atomic mass is 16.2. The molecule has 0 spiro atoms. The number of nitrogens with two attached hydrogens (primary N) is 1.